The van der Waals surface area contributed by atoms with Gasteiger partial charge in [-0.15, -0.1) is 0 Å². The van der Waals surface area contributed by atoms with E-state index in [1.165, 1.54) is 30.7 Å². The normalized spacial score (nSPS) is 12.9. The minimum Gasteiger partial charge on any atom is -0.497 e. The lowest BCUT2D eigenvalue weighted by molar-refractivity contribution is 0.102. The van der Waals surface area contributed by atoms with Crippen LogP contribution in [0.3, 0.4) is 0 Å². The molecule has 0 radical (unpaired) electrons. The highest BCUT2D eigenvalue weighted by molar-refractivity contribution is 7.92. The molecule has 7 nitrogen and oxygen atoms in total. The van der Waals surface area contributed by atoms with Gasteiger partial charge in [0.2, 0.25) is 0 Å². The smallest absolute Gasteiger partial charge is 0.264 e. The van der Waals surface area contributed by atoms with E-state index in [9.17, 15) is 13.2 Å². The van der Waals surface area contributed by atoms with E-state index in [4.69, 9.17) is 9.47 Å². The van der Waals surface area contributed by atoms with Crippen LogP contribution in [0, 0.1) is 0 Å². The summed E-state index contributed by atoms with van der Waals surface area (Å²) in [4.78, 5) is 12.9. The van der Waals surface area contributed by atoms with Gasteiger partial charge in [0.05, 0.1) is 30.5 Å². The van der Waals surface area contributed by atoms with Crippen LogP contribution in [0.5, 0.6) is 11.5 Å². The monoisotopic (exact) mass is 438 g/mol. The molecule has 1 aliphatic rings. The first-order chi connectivity index (χ1) is 14.9. The summed E-state index contributed by atoms with van der Waals surface area (Å²) in [6, 6.07) is 18.5. The second-order valence-electron chi connectivity index (χ2n) is 7.00. The number of methoxy groups -OCH3 is 2. The van der Waals surface area contributed by atoms with Gasteiger partial charge in [-0.2, -0.15) is 0 Å². The fourth-order valence-corrected chi connectivity index (χ4v) is 5.14. The molecule has 0 aliphatic carbocycles. The molecule has 31 heavy (non-hydrogen) atoms. The van der Waals surface area contributed by atoms with Crippen molar-refractivity contribution in [1.29, 1.82) is 0 Å². The van der Waals surface area contributed by atoms with Crippen molar-refractivity contribution in [2.24, 2.45) is 0 Å². The minimum absolute atomic E-state index is 0.0643. The van der Waals surface area contributed by atoms with Crippen LogP contribution in [0.4, 0.5) is 11.4 Å². The predicted octanol–water partition coefficient (Wildman–Crippen LogP) is 3.71. The molecule has 160 valence electrons. The molecule has 1 aliphatic heterocycles. The molecule has 0 atom stereocenters. The molecule has 8 heteroatoms. The van der Waals surface area contributed by atoms with Crippen molar-refractivity contribution in [3.8, 4) is 11.5 Å². The molecule has 0 saturated carbocycles. The van der Waals surface area contributed by atoms with E-state index < -0.39 is 15.9 Å². The molecule has 3 aromatic rings. The third-order valence-electron chi connectivity index (χ3n) is 5.18. The van der Waals surface area contributed by atoms with Gasteiger partial charge in [-0.25, -0.2) is 8.42 Å². The van der Waals surface area contributed by atoms with E-state index in [0.29, 0.717) is 35.8 Å². The Hall–Kier alpha value is -3.52. The van der Waals surface area contributed by atoms with E-state index in [-0.39, 0.29) is 10.5 Å². The number of anilines is 2. The Bertz CT molecular complexity index is 1240. The van der Waals surface area contributed by atoms with Crippen LogP contribution < -0.4 is 19.1 Å². The number of hydrogen-bond donors (Lipinski definition) is 1. The molecule has 1 heterocycles. The fraction of sp³-hybridized carbons (Fsp3) is 0.174. The topological polar surface area (TPSA) is 84.9 Å². The molecule has 0 fully saturated rings. The van der Waals surface area contributed by atoms with E-state index in [1.807, 2.05) is 18.2 Å². The Balaban J connectivity index is 1.63. The zero-order chi connectivity index (χ0) is 22.0. The quantitative estimate of drug-likeness (QED) is 0.634. The molecule has 0 unspecified atom stereocenters. The summed E-state index contributed by atoms with van der Waals surface area (Å²) in [6.45, 7) is 0.374. The zero-order valence-corrected chi connectivity index (χ0v) is 18.0. The number of nitrogens with zero attached hydrogens (tertiary/aromatic N) is 1. The van der Waals surface area contributed by atoms with Crippen molar-refractivity contribution >= 4 is 27.3 Å². The number of ether oxygens (including phenoxy) is 2. The molecule has 0 saturated heterocycles. The first-order valence-electron chi connectivity index (χ1n) is 9.68. The van der Waals surface area contributed by atoms with Gasteiger partial charge in [0.15, 0.2) is 0 Å². The SMILES string of the molecule is COc1ccc(OC)c(NC(=O)c2cccc(S(=O)(=O)N3CCc4ccccc43)c2)c1. The number of fused-ring (bicyclic) bond motifs is 1. The first-order valence-corrected chi connectivity index (χ1v) is 11.1. The average Bonchev–Trinajstić information content (AvgIpc) is 3.24. The van der Waals surface area contributed by atoms with Gasteiger partial charge >= 0.3 is 0 Å². The van der Waals surface area contributed by atoms with E-state index in [1.54, 1.807) is 36.4 Å². The minimum atomic E-state index is -3.80. The number of amides is 1. The molecule has 1 N–H and O–H groups in total. The number of hydrogen-bond acceptors (Lipinski definition) is 5. The Morgan fingerprint density at radius 2 is 1.77 bits per heavy atom. The Morgan fingerprint density at radius 1 is 0.968 bits per heavy atom. The Labute approximate surface area is 181 Å². The summed E-state index contributed by atoms with van der Waals surface area (Å²) in [6.07, 6.45) is 0.658. The van der Waals surface area contributed by atoms with Crippen LogP contribution in [-0.4, -0.2) is 35.1 Å². The maximum Gasteiger partial charge on any atom is 0.264 e. The van der Waals surface area contributed by atoms with Gasteiger partial charge in [-0.05, 0) is 48.4 Å². The van der Waals surface area contributed by atoms with Crippen LogP contribution in [-0.2, 0) is 16.4 Å². The predicted molar refractivity (Wildman–Crippen MR) is 119 cm³/mol. The summed E-state index contributed by atoms with van der Waals surface area (Å²) in [5, 5.41) is 2.76. The van der Waals surface area contributed by atoms with Gasteiger partial charge < -0.3 is 14.8 Å². The number of carbonyl (C=O) groups is 1. The standard InChI is InChI=1S/C23H22N2O5S/c1-29-18-10-11-22(30-2)20(15-18)24-23(26)17-7-5-8-19(14-17)31(27,28)25-13-12-16-6-3-4-9-21(16)25/h3-11,14-15H,12-13H2,1-2H3,(H,24,26). The number of nitrogens with one attached hydrogen (secondary N) is 1. The van der Waals surface area contributed by atoms with E-state index in [2.05, 4.69) is 5.32 Å². The van der Waals surface area contributed by atoms with Crippen molar-refractivity contribution in [2.45, 2.75) is 11.3 Å². The second-order valence-corrected chi connectivity index (χ2v) is 8.87. The number of carbonyl (C=O) groups excluding carboxylic acids is 1. The van der Waals surface area contributed by atoms with Crippen LogP contribution >= 0.6 is 0 Å². The lowest BCUT2D eigenvalue weighted by Crippen LogP contribution is -2.29. The molecule has 0 bridgehead atoms. The van der Waals surface area contributed by atoms with Crippen molar-refractivity contribution < 1.29 is 22.7 Å². The maximum absolute atomic E-state index is 13.3. The Kier molecular flexibility index (Phi) is 5.56. The van der Waals surface area contributed by atoms with Crippen molar-refractivity contribution in [3.63, 3.8) is 0 Å². The maximum atomic E-state index is 13.3. The highest BCUT2D eigenvalue weighted by Gasteiger charge is 2.31. The summed E-state index contributed by atoms with van der Waals surface area (Å²) < 4.78 is 38.4. The summed E-state index contributed by atoms with van der Waals surface area (Å²) in [7, 11) is -0.771. The van der Waals surface area contributed by atoms with Gasteiger partial charge in [0, 0.05) is 18.2 Å². The van der Waals surface area contributed by atoms with Crippen molar-refractivity contribution in [3.05, 3.63) is 77.9 Å². The van der Waals surface area contributed by atoms with Crippen molar-refractivity contribution in [2.75, 3.05) is 30.4 Å². The summed E-state index contributed by atoms with van der Waals surface area (Å²) in [5.41, 5.74) is 2.32. The first kappa shape index (κ1) is 20.7. The third kappa shape index (κ3) is 3.94. The van der Waals surface area contributed by atoms with Crippen LogP contribution in [0.25, 0.3) is 0 Å². The molecular weight excluding hydrogens is 416 g/mol. The molecule has 4 rings (SSSR count). The highest BCUT2D eigenvalue weighted by atomic mass is 32.2. The fourth-order valence-electron chi connectivity index (χ4n) is 3.59. The van der Waals surface area contributed by atoms with Gasteiger partial charge in [-0.1, -0.05) is 24.3 Å². The van der Waals surface area contributed by atoms with Crippen LogP contribution in [0.1, 0.15) is 15.9 Å². The highest BCUT2D eigenvalue weighted by Crippen LogP contribution is 2.33. The van der Waals surface area contributed by atoms with Crippen LogP contribution in [0.15, 0.2) is 71.6 Å². The largest absolute Gasteiger partial charge is 0.497 e. The molecule has 0 aromatic heterocycles. The number of rotatable bonds is 6. The van der Waals surface area contributed by atoms with Gasteiger partial charge in [0.1, 0.15) is 11.5 Å². The lowest BCUT2D eigenvalue weighted by atomic mass is 10.2. The van der Waals surface area contributed by atoms with Crippen LogP contribution in [0.2, 0.25) is 0 Å². The van der Waals surface area contributed by atoms with E-state index in [0.717, 1.165) is 5.56 Å². The summed E-state index contributed by atoms with van der Waals surface area (Å²) >= 11 is 0. The average molecular weight is 439 g/mol. The molecule has 0 spiro atoms. The molecule has 3 aromatic carbocycles. The number of para-hydroxylation sites is 1. The molecular formula is C23H22N2O5S. The summed E-state index contributed by atoms with van der Waals surface area (Å²) in [5.74, 6) is 0.567. The second kappa shape index (κ2) is 8.31. The lowest BCUT2D eigenvalue weighted by Gasteiger charge is -2.20. The number of sulfonamides is 1. The zero-order valence-electron chi connectivity index (χ0n) is 17.2. The van der Waals surface area contributed by atoms with Crippen molar-refractivity contribution in [1.82, 2.24) is 0 Å². The van der Waals surface area contributed by atoms with Gasteiger partial charge in [0.25, 0.3) is 15.9 Å². The number of benzene rings is 3. The van der Waals surface area contributed by atoms with E-state index >= 15 is 0 Å². The third-order valence-corrected chi connectivity index (χ3v) is 6.99. The van der Waals surface area contributed by atoms with Gasteiger partial charge in [-0.3, -0.25) is 9.10 Å². The Morgan fingerprint density at radius 3 is 2.55 bits per heavy atom. The molecule has 1 amide bonds.